The van der Waals surface area contributed by atoms with Crippen molar-refractivity contribution in [3.8, 4) is 0 Å². The Labute approximate surface area is 127 Å². The van der Waals surface area contributed by atoms with Crippen molar-refractivity contribution in [3.63, 3.8) is 0 Å². The first kappa shape index (κ1) is 14.5. The molecular weight excluding hydrogens is 262 g/mol. The minimum absolute atomic E-state index is 0.568. The van der Waals surface area contributed by atoms with Crippen LogP contribution in [-0.2, 0) is 6.42 Å². The van der Waals surface area contributed by atoms with Crippen LogP contribution in [0.4, 0.5) is 0 Å². The van der Waals surface area contributed by atoms with Crippen LogP contribution >= 0.6 is 11.8 Å². The van der Waals surface area contributed by atoms with E-state index in [9.17, 15) is 0 Å². The van der Waals surface area contributed by atoms with Gasteiger partial charge in [0.15, 0.2) is 0 Å². The SMILES string of the molecule is CCNC1c2ccccc2CC1SC1CCCC(C)C1. The fourth-order valence-corrected chi connectivity index (χ4v) is 5.81. The van der Waals surface area contributed by atoms with Gasteiger partial charge in [-0.05, 0) is 42.9 Å². The Morgan fingerprint density at radius 2 is 2.10 bits per heavy atom. The van der Waals surface area contributed by atoms with Crippen LogP contribution in [-0.4, -0.2) is 17.0 Å². The zero-order valence-electron chi connectivity index (χ0n) is 12.8. The molecule has 1 aromatic rings. The van der Waals surface area contributed by atoms with Gasteiger partial charge in [0.25, 0.3) is 0 Å². The number of thioether (sulfide) groups is 1. The van der Waals surface area contributed by atoms with Crippen LogP contribution in [0.1, 0.15) is 56.7 Å². The molecule has 0 amide bonds. The van der Waals surface area contributed by atoms with E-state index in [2.05, 4.69) is 55.2 Å². The van der Waals surface area contributed by atoms with E-state index in [1.54, 1.807) is 11.1 Å². The minimum atomic E-state index is 0.568. The molecule has 1 nitrogen and oxygen atoms in total. The summed E-state index contributed by atoms with van der Waals surface area (Å²) in [5, 5.41) is 5.36. The van der Waals surface area contributed by atoms with Crippen molar-refractivity contribution in [3.05, 3.63) is 35.4 Å². The molecule has 1 fully saturated rings. The van der Waals surface area contributed by atoms with Gasteiger partial charge in [0.05, 0.1) is 0 Å². The first-order valence-electron chi connectivity index (χ1n) is 8.24. The molecule has 0 radical (unpaired) electrons. The summed E-state index contributed by atoms with van der Waals surface area (Å²) in [6.45, 7) is 5.72. The molecule has 0 aromatic heterocycles. The Morgan fingerprint density at radius 3 is 2.90 bits per heavy atom. The molecule has 4 atom stereocenters. The maximum absolute atomic E-state index is 3.73. The molecule has 4 unspecified atom stereocenters. The van der Waals surface area contributed by atoms with Crippen molar-refractivity contribution in [2.24, 2.45) is 5.92 Å². The molecule has 1 saturated carbocycles. The van der Waals surface area contributed by atoms with E-state index in [1.165, 1.54) is 32.1 Å². The number of rotatable bonds is 4. The molecule has 0 aliphatic heterocycles. The Kier molecular flexibility index (Phi) is 4.72. The van der Waals surface area contributed by atoms with E-state index in [4.69, 9.17) is 0 Å². The summed E-state index contributed by atoms with van der Waals surface area (Å²) in [6, 6.07) is 9.60. The van der Waals surface area contributed by atoms with E-state index in [0.29, 0.717) is 6.04 Å². The number of fused-ring (bicyclic) bond motifs is 1. The van der Waals surface area contributed by atoms with Gasteiger partial charge in [-0.15, -0.1) is 0 Å². The number of hydrogen-bond acceptors (Lipinski definition) is 2. The van der Waals surface area contributed by atoms with Crippen molar-refractivity contribution < 1.29 is 0 Å². The van der Waals surface area contributed by atoms with E-state index >= 15 is 0 Å². The number of benzene rings is 1. The van der Waals surface area contributed by atoms with Crippen molar-refractivity contribution in [2.45, 2.75) is 62.5 Å². The maximum atomic E-state index is 3.73. The van der Waals surface area contributed by atoms with Crippen molar-refractivity contribution in [2.75, 3.05) is 6.54 Å². The van der Waals surface area contributed by atoms with Gasteiger partial charge in [0.1, 0.15) is 0 Å². The molecule has 2 heteroatoms. The minimum Gasteiger partial charge on any atom is -0.309 e. The molecule has 110 valence electrons. The lowest BCUT2D eigenvalue weighted by Gasteiger charge is -2.30. The Bertz CT molecular complexity index is 445. The van der Waals surface area contributed by atoms with Gasteiger partial charge < -0.3 is 5.32 Å². The van der Waals surface area contributed by atoms with E-state index in [-0.39, 0.29) is 0 Å². The van der Waals surface area contributed by atoms with E-state index in [1.807, 2.05) is 0 Å². The standard InChI is InChI=1S/C18H27NS/c1-3-19-18-16-10-5-4-8-14(16)12-17(18)20-15-9-6-7-13(2)11-15/h4-5,8,10,13,15,17-19H,3,6-7,9,11-12H2,1-2H3. The summed E-state index contributed by atoms with van der Waals surface area (Å²) in [4.78, 5) is 0. The average Bonchev–Trinajstić information content (AvgIpc) is 2.77. The van der Waals surface area contributed by atoms with Gasteiger partial charge in [0, 0.05) is 16.5 Å². The van der Waals surface area contributed by atoms with Crippen LogP contribution in [0.25, 0.3) is 0 Å². The van der Waals surface area contributed by atoms with Crippen LogP contribution in [0.5, 0.6) is 0 Å². The van der Waals surface area contributed by atoms with Crippen LogP contribution in [0, 0.1) is 5.92 Å². The highest BCUT2D eigenvalue weighted by molar-refractivity contribution is 8.00. The van der Waals surface area contributed by atoms with Gasteiger partial charge in [-0.1, -0.05) is 51.0 Å². The Hall–Kier alpha value is -0.470. The summed E-state index contributed by atoms with van der Waals surface area (Å²) in [6.07, 6.45) is 6.99. The summed E-state index contributed by atoms with van der Waals surface area (Å²) in [7, 11) is 0. The second-order valence-corrected chi connectivity index (χ2v) is 8.05. The molecule has 0 bridgehead atoms. The van der Waals surface area contributed by atoms with Crippen molar-refractivity contribution in [1.82, 2.24) is 5.32 Å². The molecule has 3 rings (SSSR count). The van der Waals surface area contributed by atoms with Crippen LogP contribution in [0.3, 0.4) is 0 Å². The number of nitrogens with one attached hydrogen (secondary N) is 1. The number of hydrogen-bond donors (Lipinski definition) is 1. The van der Waals surface area contributed by atoms with Crippen LogP contribution in [0.15, 0.2) is 24.3 Å². The van der Waals surface area contributed by atoms with E-state index in [0.717, 1.165) is 23.0 Å². The molecule has 20 heavy (non-hydrogen) atoms. The molecule has 2 aliphatic carbocycles. The fourth-order valence-electron chi connectivity index (χ4n) is 3.90. The predicted octanol–water partition coefficient (Wildman–Crippen LogP) is 4.57. The lowest BCUT2D eigenvalue weighted by molar-refractivity contribution is 0.392. The lowest BCUT2D eigenvalue weighted by atomic mass is 9.91. The largest absolute Gasteiger partial charge is 0.309 e. The zero-order chi connectivity index (χ0) is 13.9. The highest BCUT2D eigenvalue weighted by atomic mass is 32.2. The highest BCUT2D eigenvalue weighted by Crippen LogP contribution is 2.43. The van der Waals surface area contributed by atoms with Gasteiger partial charge >= 0.3 is 0 Å². The topological polar surface area (TPSA) is 12.0 Å². The average molecular weight is 289 g/mol. The first-order valence-corrected chi connectivity index (χ1v) is 9.19. The van der Waals surface area contributed by atoms with E-state index < -0.39 is 0 Å². The second kappa shape index (κ2) is 6.53. The fraction of sp³-hybridized carbons (Fsp3) is 0.667. The van der Waals surface area contributed by atoms with Crippen molar-refractivity contribution >= 4 is 11.8 Å². The molecule has 2 aliphatic rings. The van der Waals surface area contributed by atoms with Gasteiger partial charge in [0.2, 0.25) is 0 Å². The Morgan fingerprint density at radius 1 is 1.25 bits per heavy atom. The molecule has 1 aromatic carbocycles. The highest BCUT2D eigenvalue weighted by Gasteiger charge is 2.34. The van der Waals surface area contributed by atoms with Gasteiger partial charge in [-0.25, -0.2) is 0 Å². The summed E-state index contributed by atoms with van der Waals surface area (Å²) < 4.78 is 0. The quantitative estimate of drug-likeness (QED) is 0.871. The molecule has 0 saturated heterocycles. The zero-order valence-corrected chi connectivity index (χ0v) is 13.6. The molecule has 0 spiro atoms. The molecular formula is C18H27NS. The monoisotopic (exact) mass is 289 g/mol. The predicted molar refractivity (Wildman–Crippen MR) is 89.4 cm³/mol. The second-order valence-electron chi connectivity index (χ2n) is 6.51. The van der Waals surface area contributed by atoms with Gasteiger partial charge in [-0.2, -0.15) is 11.8 Å². The normalized spacial score (nSPS) is 33.1. The summed E-state index contributed by atoms with van der Waals surface area (Å²) >= 11 is 2.27. The first-order chi connectivity index (χ1) is 9.78. The molecule has 0 heterocycles. The summed E-state index contributed by atoms with van der Waals surface area (Å²) in [5.74, 6) is 0.933. The maximum Gasteiger partial charge on any atom is 0.0446 e. The molecule has 1 N–H and O–H groups in total. The summed E-state index contributed by atoms with van der Waals surface area (Å²) in [5.41, 5.74) is 3.12. The van der Waals surface area contributed by atoms with Crippen LogP contribution in [0.2, 0.25) is 0 Å². The van der Waals surface area contributed by atoms with Crippen LogP contribution < -0.4 is 5.32 Å². The van der Waals surface area contributed by atoms with Gasteiger partial charge in [-0.3, -0.25) is 0 Å². The third-order valence-corrected chi connectivity index (χ3v) is 6.46. The smallest absolute Gasteiger partial charge is 0.0446 e. The van der Waals surface area contributed by atoms with Crippen molar-refractivity contribution in [1.29, 1.82) is 0 Å². The third kappa shape index (κ3) is 3.07. The third-order valence-electron chi connectivity index (χ3n) is 4.86. The lowest BCUT2D eigenvalue weighted by Crippen LogP contribution is -2.29. The Balaban J connectivity index is 1.70.